The van der Waals surface area contributed by atoms with Crippen LogP contribution >= 0.6 is 11.6 Å². The van der Waals surface area contributed by atoms with Crippen molar-refractivity contribution in [2.75, 3.05) is 6.54 Å². The third-order valence-corrected chi connectivity index (χ3v) is 3.64. The largest absolute Gasteiger partial charge is 0.480 e. The summed E-state index contributed by atoms with van der Waals surface area (Å²) in [4.78, 5) is 35.3. The number of aryl methyl sites for hydroxylation is 1. The van der Waals surface area contributed by atoms with Gasteiger partial charge in [-0.3, -0.25) is 14.4 Å². The summed E-state index contributed by atoms with van der Waals surface area (Å²) in [6.07, 6.45) is 1.44. The van der Waals surface area contributed by atoms with Crippen molar-refractivity contribution in [2.24, 2.45) is 0 Å². The quantitative estimate of drug-likeness (QED) is 0.679. The molecule has 0 heterocycles. The van der Waals surface area contributed by atoms with Gasteiger partial charge in [0, 0.05) is 10.6 Å². The molecule has 0 unspecified atom stereocenters. The molecule has 2 aromatic rings. The predicted octanol–water partition coefficient (Wildman–Crippen LogP) is 2.62. The van der Waals surface area contributed by atoms with Gasteiger partial charge in [0.25, 0.3) is 11.8 Å². The molecule has 0 atom stereocenters. The van der Waals surface area contributed by atoms with Crippen molar-refractivity contribution >= 4 is 35.5 Å². The SMILES string of the molecule is Cc1ccc(C(=O)NC(=Cc2ccc(Cl)cc2)C(=O)NCC(=O)O)cc1. The van der Waals surface area contributed by atoms with Crippen molar-refractivity contribution in [1.29, 1.82) is 0 Å². The Balaban J connectivity index is 2.25. The van der Waals surface area contributed by atoms with E-state index in [4.69, 9.17) is 16.7 Å². The summed E-state index contributed by atoms with van der Waals surface area (Å²) in [5, 5.41) is 14.0. The maximum atomic E-state index is 12.4. The monoisotopic (exact) mass is 372 g/mol. The Kier molecular flexibility index (Phi) is 6.52. The standard InChI is InChI=1S/C19H17ClN2O4/c1-12-2-6-14(7-3-12)18(25)22-16(19(26)21-11-17(23)24)10-13-4-8-15(20)9-5-13/h2-10H,11H2,1H3,(H,21,26)(H,22,25)(H,23,24). The maximum Gasteiger partial charge on any atom is 0.322 e. The van der Waals surface area contributed by atoms with Crippen LogP contribution < -0.4 is 10.6 Å². The number of halogens is 1. The molecule has 0 bridgehead atoms. The van der Waals surface area contributed by atoms with Gasteiger partial charge in [0.1, 0.15) is 12.2 Å². The highest BCUT2D eigenvalue weighted by Crippen LogP contribution is 2.12. The number of amides is 2. The number of carboxylic acid groups (broad SMARTS) is 1. The third kappa shape index (κ3) is 5.75. The molecular weight excluding hydrogens is 356 g/mol. The molecule has 0 aliphatic carbocycles. The van der Waals surface area contributed by atoms with Gasteiger partial charge >= 0.3 is 5.97 Å². The minimum absolute atomic E-state index is 0.0702. The highest BCUT2D eigenvalue weighted by molar-refractivity contribution is 6.30. The number of rotatable bonds is 6. The number of hydrogen-bond donors (Lipinski definition) is 3. The van der Waals surface area contributed by atoms with Gasteiger partial charge in [-0.25, -0.2) is 0 Å². The van der Waals surface area contributed by atoms with Crippen LogP contribution in [0.3, 0.4) is 0 Å². The second kappa shape index (κ2) is 8.82. The Morgan fingerprint density at radius 2 is 1.65 bits per heavy atom. The number of carbonyl (C=O) groups is 3. The first-order valence-corrected chi connectivity index (χ1v) is 8.08. The zero-order chi connectivity index (χ0) is 19.1. The molecule has 0 saturated carbocycles. The highest BCUT2D eigenvalue weighted by atomic mass is 35.5. The lowest BCUT2D eigenvalue weighted by Gasteiger charge is -2.10. The normalized spacial score (nSPS) is 10.9. The lowest BCUT2D eigenvalue weighted by molar-refractivity contribution is -0.137. The third-order valence-electron chi connectivity index (χ3n) is 3.39. The molecule has 0 radical (unpaired) electrons. The Bertz CT molecular complexity index is 843. The van der Waals surface area contributed by atoms with Crippen molar-refractivity contribution in [3.8, 4) is 0 Å². The molecule has 0 aromatic heterocycles. The number of benzene rings is 2. The fraction of sp³-hybridized carbons (Fsp3) is 0.105. The Morgan fingerprint density at radius 3 is 2.23 bits per heavy atom. The number of carbonyl (C=O) groups excluding carboxylic acids is 2. The summed E-state index contributed by atoms with van der Waals surface area (Å²) in [6.45, 7) is 1.34. The van der Waals surface area contributed by atoms with Crippen molar-refractivity contribution in [3.05, 3.63) is 75.9 Å². The summed E-state index contributed by atoms with van der Waals surface area (Å²) in [5.41, 5.74) is 1.93. The van der Waals surface area contributed by atoms with Crippen molar-refractivity contribution in [2.45, 2.75) is 6.92 Å². The molecule has 3 N–H and O–H groups in total. The maximum absolute atomic E-state index is 12.4. The first-order valence-electron chi connectivity index (χ1n) is 7.70. The van der Waals surface area contributed by atoms with Crippen LogP contribution in [-0.4, -0.2) is 29.4 Å². The number of carboxylic acids is 1. The van der Waals surface area contributed by atoms with E-state index in [2.05, 4.69) is 10.6 Å². The van der Waals surface area contributed by atoms with Crippen molar-refractivity contribution < 1.29 is 19.5 Å². The Morgan fingerprint density at radius 1 is 1.04 bits per heavy atom. The average Bonchev–Trinajstić information content (AvgIpc) is 2.61. The minimum atomic E-state index is -1.19. The number of nitrogens with one attached hydrogen (secondary N) is 2. The highest BCUT2D eigenvalue weighted by Gasteiger charge is 2.15. The van der Waals surface area contributed by atoms with Gasteiger partial charge in [-0.1, -0.05) is 41.4 Å². The van der Waals surface area contributed by atoms with Crippen LogP contribution in [0.2, 0.25) is 5.02 Å². The summed E-state index contributed by atoms with van der Waals surface area (Å²) in [7, 11) is 0. The lowest BCUT2D eigenvalue weighted by atomic mass is 10.1. The first-order chi connectivity index (χ1) is 12.3. The molecule has 134 valence electrons. The van der Waals surface area contributed by atoms with Gasteiger partial charge in [0.05, 0.1) is 0 Å². The fourth-order valence-corrected chi connectivity index (χ4v) is 2.16. The van der Waals surface area contributed by atoms with E-state index < -0.39 is 24.3 Å². The van der Waals surface area contributed by atoms with E-state index in [9.17, 15) is 14.4 Å². The molecule has 26 heavy (non-hydrogen) atoms. The van der Waals surface area contributed by atoms with Gasteiger partial charge in [-0.05, 0) is 42.8 Å². The average molecular weight is 373 g/mol. The molecular formula is C19H17ClN2O4. The number of aliphatic carboxylic acids is 1. The molecule has 0 saturated heterocycles. The van der Waals surface area contributed by atoms with Crippen LogP contribution in [0.15, 0.2) is 54.2 Å². The molecule has 2 amide bonds. The van der Waals surface area contributed by atoms with Gasteiger partial charge in [0.2, 0.25) is 0 Å². The van der Waals surface area contributed by atoms with E-state index in [-0.39, 0.29) is 5.70 Å². The van der Waals surface area contributed by atoms with Crippen molar-refractivity contribution in [1.82, 2.24) is 10.6 Å². The summed E-state index contributed by atoms with van der Waals surface area (Å²) in [6, 6.07) is 13.5. The van der Waals surface area contributed by atoms with E-state index >= 15 is 0 Å². The van der Waals surface area contributed by atoms with E-state index in [1.807, 2.05) is 6.92 Å². The van der Waals surface area contributed by atoms with Gasteiger partial charge in [-0.15, -0.1) is 0 Å². The molecule has 0 aliphatic rings. The van der Waals surface area contributed by atoms with Gasteiger partial charge in [0.15, 0.2) is 0 Å². The molecule has 0 fully saturated rings. The summed E-state index contributed by atoms with van der Waals surface area (Å²) in [5.74, 6) is -2.37. The molecule has 6 nitrogen and oxygen atoms in total. The second-order valence-electron chi connectivity index (χ2n) is 5.51. The van der Waals surface area contributed by atoms with E-state index in [0.717, 1.165) is 5.56 Å². The van der Waals surface area contributed by atoms with Gasteiger partial charge in [-0.2, -0.15) is 0 Å². The summed E-state index contributed by atoms with van der Waals surface area (Å²) < 4.78 is 0. The zero-order valence-corrected chi connectivity index (χ0v) is 14.7. The fourth-order valence-electron chi connectivity index (χ4n) is 2.03. The van der Waals surface area contributed by atoms with Crippen molar-refractivity contribution in [3.63, 3.8) is 0 Å². The van der Waals surface area contributed by atoms with Crippen LogP contribution in [0.4, 0.5) is 0 Å². The molecule has 2 rings (SSSR count). The second-order valence-corrected chi connectivity index (χ2v) is 5.94. The predicted molar refractivity (Wildman–Crippen MR) is 98.7 cm³/mol. The molecule has 0 spiro atoms. The Labute approximate surface area is 155 Å². The molecule has 2 aromatic carbocycles. The Hall–Kier alpha value is -3.12. The minimum Gasteiger partial charge on any atom is -0.480 e. The smallest absolute Gasteiger partial charge is 0.322 e. The molecule has 7 heteroatoms. The van der Waals surface area contributed by atoms with Crippen LogP contribution in [-0.2, 0) is 9.59 Å². The molecule has 0 aliphatic heterocycles. The van der Waals surface area contributed by atoms with Crippen LogP contribution in [0.25, 0.3) is 6.08 Å². The van der Waals surface area contributed by atoms with E-state index in [0.29, 0.717) is 16.1 Å². The number of hydrogen-bond acceptors (Lipinski definition) is 3. The zero-order valence-electron chi connectivity index (χ0n) is 14.0. The lowest BCUT2D eigenvalue weighted by Crippen LogP contribution is -2.37. The first kappa shape index (κ1) is 19.2. The van der Waals surface area contributed by atoms with Crippen LogP contribution in [0, 0.1) is 6.92 Å². The summed E-state index contributed by atoms with van der Waals surface area (Å²) >= 11 is 5.84. The van der Waals surface area contributed by atoms with Crippen LogP contribution in [0.1, 0.15) is 21.5 Å². The van der Waals surface area contributed by atoms with E-state index in [1.54, 1.807) is 48.5 Å². The van der Waals surface area contributed by atoms with Gasteiger partial charge < -0.3 is 15.7 Å². The van der Waals surface area contributed by atoms with E-state index in [1.165, 1.54) is 6.08 Å². The topological polar surface area (TPSA) is 95.5 Å². The van der Waals surface area contributed by atoms with Crippen LogP contribution in [0.5, 0.6) is 0 Å².